The smallest absolute Gasteiger partial charge is 0.288 e. The van der Waals surface area contributed by atoms with Crippen LogP contribution in [0.4, 0.5) is 4.79 Å². The molecular weight excluding hydrogens is 376 g/mol. The van der Waals surface area contributed by atoms with Crippen LogP contribution < -0.4 is 5.32 Å². The average Bonchev–Trinajstić information content (AvgIpc) is 3.23. The van der Waals surface area contributed by atoms with Crippen LogP contribution in [0.15, 0.2) is 40.0 Å². The van der Waals surface area contributed by atoms with Crippen molar-refractivity contribution in [2.24, 2.45) is 0 Å². The first-order valence-electron chi connectivity index (χ1n) is 7.85. The van der Waals surface area contributed by atoms with Crippen LogP contribution in [0.2, 0.25) is 0 Å². The number of nitrogens with zero attached hydrogens (tertiary/aromatic N) is 3. The van der Waals surface area contributed by atoms with Gasteiger partial charge in [0.15, 0.2) is 0 Å². The topological polar surface area (TPSA) is 105 Å². The number of amides is 3. The molecule has 0 spiro atoms. The van der Waals surface area contributed by atoms with Crippen LogP contribution in [-0.2, 0) is 9.59 Å². The van der Waals surface area contributed by atoms with E-state index >= 15 is 0 Å². The summed E-state index contributed by atoms with van der Waals surface area (Å²) >= 11 is 2.12. The predicted molar refractivity (Wildman–Crippen MR) is 97.6 cm³/mol. The highest BCUT2D eigenvalue weighted by Crippen LogP contribution is 2.26. The van der Waals surface area contributed by atoms with Gasteiger partial charge in [0.2, 0.25) is 17.7 Å². The highest BCUT2D eigenvalue weighted by atomic mass is 32.2. The summed E-state index contributed by atoms with van der Waals surface area (Å²) in [6, 6.07) is 9.35. The lowest BCUT2D eigenvalue weighted by Crippen LogP contribution is -2.39. The summed E-state index contributed by atoms with van der Waals surface area (Å²) in [6.45, 7) is 2.10. The zero-order valence-corrected chi connectivity index (χ0v) is 15.5. The van der Waals surface area contributed by atoms with E-state index in [9.17, 15) is 14.4 Å². The van der Waals surface area contributed by atoms with Crippen LogP contribution in [0.5, 0.6) is 0 Å². The molecule has 3 rings (SSSR count). The summed E-state index contributed by atoms with van der Waals surface area (Å²) in [4.78, 5) is 36.3. The summed E-state index contributed by atoms with van der Waals surface area (Å²) in [5, 5.41) is 10.2. The number of carbonyl (C=O) groups is 3. The zero-order valence-electron chi connectivity index (χ0n) is 13.9. The number of nitrogens with one attached hydrogen (secondary N) is 1. The van der Waals surface area contributed by atoms with Gasteiger partial charge in [-0.1, -0.05) is 41.7 Å². The third-order valence-corrected chi connectivity index (χ3v) is 5.34. The third-order valence-electron chi connectivity index (χ3n) is 3.55. The Hall–Kier alpha value is -2.33. The van der Waals surface area contributed by atoms with E-state index in [1.807, 2.05) is 30.3 Å². The molecule has 0 radical (unpaired) electrons. The van der Waals surface area contributed by atoms with Crippen molar-refractivity contribution in [2.75, 3.05) is 18.8 Å². The summed E-state index contributed by atoms with van der Waals surface area (Å²) in [5.41, 5.74) is 0.807. The number of carbonyl (C=O) groups excluding carboxylic acids is 3. The Bertz CT molecular complexity index is 796. The normalized spacial score (nSPS) is 15.3. The van der Waals surface area contributed by atoms with Crippen LogP contribution in [0.3, 0.4) is 0 Å². The number of rotatable bonds is 7. The van der Waals surface area contributed by atoms with Gasteiger partial charge in [-0.3, -0.25) is 19.3 Å². The minimum Gasteiger partial charge on any atom is -0.411 e. The van der Waals surface area contributed by atoms with Gasteiger partial charge in [0.1, 0.15) is 0 Å². The number of thioether (sulfide) groups is 2. The maximum absolute atomic E-state index is 12.1. The van der Waals surface area contributed by atoms with Crippen LogP contribution in [0.25, 0.3) is 11.5 Å². The van der Waals surface area contributed by atoms with E-state index in [4.69, 9.17) is 4.42 Å². The average molecular weight is 392 g/mol. The maximum atomic E-state index is 12.1. The van der Waals surface area contributed by atoms with Crippen LogP contribution >= 0.6 is 23.5 Å². The molecule has 1 N–H and O–H groups in total. The zero-order chi connectivity index (χ0) is 18.5. The van der Waals surface area contributed by atoms with Gasteiger partial charge in [-0.25, -0.2) is 0 Å². The van der Waals surface area contributed by atoms with Crippen molar-refractivity contribution in [1.82, 2.24) is 20.4 Å². The Labute approximate surface area is 158 Å². The molecule has 136 valence electrons. The number of hydrogen-bond acceptors (Lipinski definition) is 8. The summed E-state index contributed by atoms with van der Waals surface area (Å²) in [5.74, 6) is 0.0985. The Morgan fingerprint density at radius 2 is 2.12 bits per heavy atom. The molecule has 0 bridgehead atoms. The molecule has 1 aromatic carbocycles. The van der Waals surface area contributed by atoms with Gasteiger partial charge < -0.3 is 9.73 Å². The Morgan fingerprint density at radius 3 is 2.81 bits per heavy atom. The fourth-order valence-electron chi connectivity index (χ4n) is 2.19. The molecule has 8 nitrogen and oxygen atoms in total. The second kappa shape index (κ2) is 8.37. The van der Waals surface area contributed by atoms with E-state index in [0.29, 0.717) is 11.1 Å². The molecular formula is C16H16N4O4S2. The number of benzene rings is 1. The van der Waals surface area contributed by atoms with Gasteiger partial charge in [0.25, 0.3) is 10.5 Å². The van der Waals surface area contributed by atoms with Crippen LogP contribution in [0, 0.1) is 0 Å². The van der Waals surface area contributed by atoms with Crippen molar-refractivity contribution in [3.63, 3.8) is 0 Å². The van der Waals surface area contributed by atoms with Crippen LogP contribution in [-0.4, -0.2) is 56.2 Å². The predicted octanol–water partition coefficient (Wildman–Crippen LogP) is 2.03. The van der Waals surface area contributed by atoms with Gasteiger partial charge in [-0.05, 0) is 19.1 Å². The second-order valence-corrected chi connectivity index (χ2v) is 7.61. The highest BCUT2D eigenvalue weighted by molar-refractivity contribution is 8.14. The highest BCUT2D eigenvalue weighted by Gasteiger charge is 2.29. The molecule has 3 amide bonds. The first-order chi connectivity index (χ1) is 12.5. The van der Waals surface area contributed by atoms with E-state index in [-0.39, 0.29) is 35.9 Å². The van der Waals surface area contributed by atoms with Crippen LogP contribution in [0.1, 0.15) is 6.92 Å². The molecule has 26 heavy (non-hydrogen) atoms. The number of hydrogen-bond donors (Lipinski definition) is 1. The van der Waals surface area contributed by atoms with Gasteiger partial charge in [-0.2, -0.15) is 0 Å². The largest absolute Gasteiger partial charge is 0.411 e. The Kier molecular flexibility index (Phi) is 5.94. The first kappa shape index (κ1) is 18.5. The maximum Gasteiger partial charge on any atom is 0.288 e. The lowest BCUT2D eigenvalue weighted by molar-refractivity contribution is -0.125. The van der Waals surface area contributed by atoms with Gasteiger partial charge in [-0.15, -0.1) is 10.2 Å². The minimum absolute atomic E-state index is 0.167. The number of imide groups is 1. The number of aromatic nitrogens is 2. The lowest BCUT2D eigenvalue weighted by Gasteiger charge is -2.14. The second-order valence-electron chi connectivity index (χ2n) is 5.39. The Balaban J connectivity index is 1.48. The van der Waals surface area contributed by atoms with Gasteiger partial charge in [0, 0.05) is 18.7 Å². The van der Waals surface area contributed by atoms with Gasteiger partial charge >= 0.3 is 0 Å². The summed E-state index contributed by atoms with van der Waals surface area (Å²) in [6.07, 6.45) is 0. The molecule has 10 heteroatoms. The van der Waals surface area contributed by atoms with Crippen molar-refractivity contribution in [2.45, 2.75) is 17.4 Å². The molecule has 1 atom stereocenters. The standard InChI is InChI=1S/C16H16N4O4S2/c1-10(13(22)17-7-8-20-12(21)9-25-16(20)23)26-15-19-18-14(24-15)11-5-3-2-4-6-11/h2-6,10H,7-9H2,1H3,(H,17,22)/t10-/m1/s1. The minimum atomic E-state index is -0.460. The first-order valence-corrected chi connectivity index (χ1v) is 9.71. The van der Waals surface area contributed by atoms with Crippen molar-refractivity contribution in [3.05, 3.63) is 30.3 Å². The fourth-order valence-corrected chi connectivity index (χ4v) is 3.65. The van der Waals surface area contributed by atoms with Crippen molar-refractivity contribution >= 4 is 40.6 Å². The lowest BCUT2D eigenvalue weighted by atomic mass is 10.2. The molecule has 1 aliphatic heterocycles. The summed E-state index contributed by atoms with van der Waals surface area (Å²) in [7, 11) is 0. The van der Waals surface area contributed by atoms with E-state index < -0.39 is 5.25 Å². The molecule has 1 aromatic heterocycles. The molecule has 1 fully saturated rings. The SMILES string of the molecule is C[C@@H](Sc1nnc(-c2ccccc2)o1)C(=O)NCCN1C(=O)CSC1=O. The van der Waals surface area contributed by atoms with E-state index in [1.165, 1.54) is 0 Å². The molecule has 0 unspecified atom stereocenters. The van der Waals surface area contributed by atoms with Crippen molar-refractivity contribution < 1.29 is 18.8 Å². The molecule has 2 heterocycles. The van der Waals surface area contributed by atoms with Gasteiger partial charge in [0.05, 0.1) is 11.0 Å². The quantitative estimate of drug-likeness (QED) is 0.714. The molecule has 1 aliphatic rings. The molecule has 2 aromatic rings. The third kappa shape index (κ3) is 4.44. The van der Waals surface area contributed by atoms with E-state index in [2.05, 4.69) is 15.5 Å². The molecule has 0 saturated carbocycles. The monoisotopic (exact) mass is 392 g/mol. The molecule has 0 aliphatic carbocycles. The fraction of sp³-hybridized carbons (Fsp3) is 0.312. The molecule has 1 saturated heterocycles. The summed E-state index contributed by atoms with van der Waals surface area (Å²) < 4.78 is 5.56. The van der Waals surface area contributed by atoms with E-state index in [0.717, 1.165) is 34.0 Å². The van der Waals surface area contributed by atoms with Crippen molar-refractivity contribution in [1.29, 1.82) is 0 Å². The van der Waals surface area contributed by atoms with E-state index in [1.54, 1.807) is 6.92 Å². The Morgan fingerprint density at radius 1 is 1.35 bits per heavy atom. The van der Waals surface area contributed by atoms with Crippen molar-refractivity contribution in [3.8, 4) is 11.5 Å².